The number of cyclic esters (lactones) is 2. The first kappa shape index (κ1) is 10.7. The summed E-state index contributed by atoms with van der Waals surface area (Å²) in [7, 11) is 0. The summed E-state index contributed by atoms with van der Waals surface area (Å²) in [5, 5.41) is 0. The minimum atomic E-state index is -0.911. The van der Waals surface area contributed by atoms with Gasteiger partial charge in [0.2, 0.25) is 0 Å². The van der Waals surface area contributed by atoms with Crippen LogP contribution in [0.15, 0.2) is 43.0 Å². The fourth-order valence-corrected chi connectivity index (χ4v) is 2.06. The summed E-state index contributed by atoms with van der Waals surface area (Å²) < 4.78 is 10.5. The Morgan fingerprint density at radius 1 is 1.19 bits per heavy atom. The van der Waals surface area contributed by atoms with E-state index in [1.807, 2.05) is 44.2 Å². The van der Waals surface area contributed by atoms with E-state index in [4.69, 9.17) is 9.47 Å². The zero-order valence-corrected chi connectivity index (χ0v) is 9.40. The second-order valence-electron chi connectivity index (χ2n) is 4.27. The maximum Gasteiger partial charge on any atom is 0.510 e. The molecule has 0 amide bonds. The van der Waals surface area contributed by atoms with E-state index in [0.29, 0.717) is 0 Å². The van der Waals surface area contributed by atoms with Crippen molar-refractivity contribution in [3.63, 3.8) is 0 Å². The van der Waals surface area contributed by atoms with Gasteiger partial charge in [-0.15, -0.1) is 0 Å². The van der Waals surface area contributed by atoms with Crippen molar-refractivity contribution in [1.82, 2.24) is 0 Å². The number of carbonyl (C=O) groups is 1. The lowest BCUT2D eigenvalue weighted by Gasteiger charge is -2.33. The minimum Gasteiger partial charge on any atom is -0.423 e. The van der Waals surface area contributed by atoms with Crippen LogP contribution in [0, 0.1) is 0 Å². The maximum atomic E-state index is 11.3. The first-order valence-electron chi connectivity index (χ1n) is 5.13. The van der Waals surface area contributed by atoms with Crippen LogP contribution >= 0.6 is 0 Å². The molecule has 1 aromatic rings. The summed E-state index contributed by atoms with van der Waals surface area (Å²) in [6.07, 6.45) is 0.960. The number of benzene rings is 1. The molecule has 3 heteroatoms. The summed E-state index contributed by atoms with van der Waals surface area (Å²) in [4.78, 5) is 11.3. The van der Waals surface area contributed by atoms with Gasteiger partial charge in [-0.2, -0.15) is 0 Å². The molecule has 1 atom stereocenters. The van der Waals surface area contributed by atoms with Gasteiger partial charge in [0.1, 0.15) is 0 Å². The van der Waals surface area contributed by atoms with Crippen LogP contribution in [-0.4, -0.2) is 11.8 Å². The van der Waals surface area contributed by atoms with Gasteiger partial charge in [0, 0.05) is 5.56 Å². The number of hydrogen-bond donors (Lipinski definition) is 0. The third-order valence-electron chi connectivity index (χ3n) is 2.97. The molecule has 1 fully saturated rings. The zero-order valence-electron chi connectivity index (χ0n) is 9.40. The molecule has 3 nitrogen and oxygen atoms in total. The lowest BCUT2D eigenvalue weighted by Crippen LogP contribution is -2.43. The highest BCUT2D eigenvalue weighted by molar-refractivity contribution is 5.66. The minimum absolute atomic E-state index is 0.659. The Bertz CT molecular complexity index is 422. The van der Waals surface area contributed by atoms with Gasteiger partial charge in [-0.25, -0.2) is 4.79 Å². The van der Waals surface area contributed by atoms with E-state index >= 15 is 0 Å². The fraction of sp³-hybridized carbons (Fsp3) is 0.308. The summed E-state index contributed by atoms with van der Waals surface area (Å²) >= 11 is 0. The molecule has 0 aromatic heterocycles. The lowest BCUT2D eigenvalue weighted by atomic mass is 9.80. The largest absolute Gasteiger partial charge is 0.510 e. The average molecular weight is 218 g/mol. The van der Waals surface area contributed by atoms with Gasteiger partial charge in [0.25, 0.3) is 0 Å². The molecule has 84 valence electrons. The highest BCUT2D eigenvalue weighted by Gasteiger charge is 2.56. The predicted molar refractivity (Wildman–Crippen MR) is 60.0 cm³/mol. The predicted octanol–water partition coefficient (Wildman–Crippen LogP) is 3.01. The van der Waals surface area contributed by atoms with Crippen molar-refractivity contribution in [1.29, 1.82) is 0 Å². The standard InChI is InChI=1S/C13H14O3/c1-4-13(10-8-6-5-7-9-10)12(2,3)15-11(14)16-13/h4-9H,1H2,2-3H3. The Balaban J connectivity index is 2.56. The van der Waals surface area contributed by atoms with Crippen LogP contribution in [0.5, 0.6) is 0 Å². The molecule has 0 aliphatic carbocycles. The van der Waals surface area contributed by atoms with Crippen molar-refractivity contribution >= 4 is 6.16 Å². The van der Waals surface area contributed by atoms with Crippen molar-refractivity contribution in [3.05, 3.63) is 48.6 Å². The van der Waals surface area contributed by atoms with Gasteiger partial charge < -0.3 is 9.47 Å². The molecule has 1 saturated heterocycles. The average Bonchev–Trinajstić information content (AvgIpc) is 2.49. The molecule has 0 saturated carbocycles. The van der Waals surface area contributed by atoms with E-state index < -0.39 is 17.4 Å². The summed E-state index contributed by atoms with van der Waals surface area (Å²) in [5.74, 6) is 0. The molecule has 1 aliphatic rings. The molecule has 0 radical (unpaired) electrons. The van der Waals surface area contributed by atoms with E-state index in [2.05, 4.69) is 6.58 Å². The first-order chi connectivity index (χ1) is 7.52. The van der Waals surface area contributed by atoms with Crippen molar-refractivity contribution in [3.8, 4) is 0 Å². The van der Waals surface area contributed by atoms with Crippen molar-refractivity contribution < 1.29 is 14.3 Å². The molecule has 1 aliphatic heterocycles. The van der Waals surface area contributed by atoms with Gasteiger partial charge >= 0.3 is 6.16 Å². The second kappa shape index (κ2) is 3.37. The van der Waals surface area contributed by atoms with Gasteiger partial charge in [0.05, 0.1) is 0 Å². The van der Waals surface area contributed by atoms with Crippen LogP contribution in [0.4, 0.5) is 4.79 Å². The highest BCUT2D eigenvalue weighted by Crippen LogP contribution is 2.45. The second-order valence-corrected chi connectivity index (χ2v) is 4.27. The van der Waals surface area contributed by atoms with Crippen LogP contribution < -0.4 is 0 Å². The van der Waals surface area contributed by atoms with Gasteiger partial charge in [-0.1, -0.05) is 36.9 Å². The quantitative estimate of drug-likeness (QED) is 0.565. The maximum absolute atomic E-state index is 11.3. The molecule has 2 rings (SSSR count). The number of rotatable bonds is 2. The SMILES string of the molecule is C=CC1(c2ccccc2)OC(=O)OC1(C)C. The van der Waals surface area contributed by atoms with Crippen molar-refractivity contribution in [2.24, 2.45) is 0 Å². The van der Waals surface area contributed by atoms with Gasteiger partial charge in [-0.3, -0.25) is 0 Å². The van der Waals surface area contributed by atoms with Gasteiger partial charge in [-0.05, 0) is 19.9 Å². The van der Waals surface area contributed by atoms with Crippen LogP contribution in [0.25, 0.3) is 0 Å². The zero-order chi connectivity index (χ0) is 11.8. The molecule has 0 N–H and O–H groups in total. The van der Waals surface area contributed by atoms with E-state index in [-0.39, 0.29) is 0 Å². The topological polar surface area (TPSA) is 35.5 Å². The van der Waals surface area contributed by atoms with E-state index in [1.165, 1.54) is 0 Å². The number of carbonyl (C=O) groups excluding carboxylic acids is 1. The number of ether oxygens (including phenoxy) is 2. The van der Waals surface area contributed by atoms with E-state index in [0.717, 1.165) is 5.56 Å². The van der Waals surface area contributed by atoms with Crippen molar-refractivity contribution in [2.75, 3.05) is 0 Å². The smallest absolute Gasteiger partial charge is 0.423 e. The monoisotopic (exact) mass is 218 g/mol. The molecule has 0 spiro atoms. The van der Waals surface area contributed by atoms with Crippen LogP contribution in [-0.2, 0) is 15.1 Å². The first-order valence-corrected chi connectivity index (χ1v) is 5.13. The third kappa shape index (κ3) is 1.32. The van der Waals surface area contributed by atoms with Crippen LogP contribution in [0.2, 0.25) is 0 Å². The fourth-order valence-electron chi connectivity index (χ4n) is 2.06. The number of hydrogen-bond acceptors (Lipinski definition) is 3. The molecular weight excluding hydrogens is 204 g/mol. The molecule has 0 bridgehead atoms. The lowest BCUT2D eigenvalue weighted by molar-refractivity contribution is 0.0113. The molecule has 16 heavy (non-hydrogen) atoms. The Morgan fingerprint density at radius 2 is 1.81 bits per heavy atom. The summed E-state index contributed by atoms with van der Waals surface area (Å²) in [5.41, 5.74) is -0.806. The molecule has 1 heterocycles. The normalized spacial score (nSPS) is 27.0. The van der Waals surface area contributed by atoms with Crippen LogP contribution in [0.1, 0.15) is 19.4 Å². The Kier molecular flexibility index (Phi) is 2.26. The Labute approximate surface area is 94.7 Å². The summed E-state index contributed by atoms with van der Waals surface area (Å²) in [6, 6.07) is 9.48. The Morgan fingerprint density at radius 3 is 2.25 bits per heavy atom. The van der Waals surface area contributed by atoms with E-state index in [1.54, 1.807) is 6.08 Å². The van der Waals surface area contributed by atoms with Crippen LogP contribution in [0.3, 0.4) is 0 Å². The summed E-state index contributed by atoms with van der Waals surface area (Å²) in [6.45, 7) is 7.39. The van der Waals surface area contributed by atoms with Crippen molar-refractivity contribution in [2.45, 2.75) is 25.0 Å². The molecule has 1 unspecified atom stereocenters. The Hall–Kier alpha value is -1.77. The highest BCUT2D eigenvalue weighted by atomic mass is 16.8. The molecule has 1 aromatic carbocycles. The third-order valence-corrected chi connectivity index (χ3v) is 2.97. The van der Waals surface area contributed by atoms with Gasteiger partial charge in [0.15, 0.2) is 11.2 Å². The van der Waals surface area contributed by atoms with E-state index in [9.17, 15) is 4.79 Å². The molecular formula is C13H14O3.